The highest BCUT2D eigenvalue weighted by Gasteiger charge is 1.98. The summed E-state index contributed by atoms with van der Waals surface area (Å²) < 4.78 is 0. The van der Waals surface area contributed by atoms with E-state index in [0.29, 0.717) is 13.2 Å². The summed E-state index contributed by atoms with van der Waals surface area (Å²) in [6, 6.07) is 0. The fourth-order valence-corrected chi connectivity index (χ4v) is 1.95. The molecule has 3 heteroatoms. The Morgan fingerprint density at radius 2 is 1.24 bits per heavy atom. The number of nitrogens with zero attached hydrogens (tertiary/aromatic N) is 1. The molecular formula is C14H31NO2. The molecule has 0 amide bonds. The molecule has 0 aromatic heterocycles. The third kappa shape index (κ3) is 13.8. The Bertz CT molecular complexity index is 142. The molecule has 0 fully saturated rings. The molecular weight excluding hydrogens is 214 g/mol. The van der Waals surface area contributed by atoms with Crippen LogP contribution in [0.2, 0.25) is 0 Å². The minimum atomic E-state index is 0.536. The molecule has 0 aliphatic carbocycles. The first-order valence-electron chi connectivity index (χ1n) is 7.40. The van der Waals surface area contributed by atoms with Crippen molar-refractivity contribution < 1.29 is 10.0 Å². The monoisotopic (exact) mass is 245 g/mol. The van der Waals surface area contributed by atoms with Crippen LogP contribution in [0.25, 0.3) is 0 Å². The van der Waals surface area contributed by atoms with Gasteiger partial charge in [-0.2, -0.15) is 0 Å². The molecule has 0 unspecified atom stereocenters. The minimum Gasteiger partial charge on any atom is -0.290 e. The quantitative estimate of drug-likeness (QED) is 0.381. The van der Waals surface area contributed by atoms with Crippen LogP contribution in [-0.4, -0.2) is 23.6 Å². The lowest BCUT2D eigenvalue weighted by Crippen LogP contribution is -2.20. The van der Waals surface area contributed by atoms with Crippen LogP contribution in [0, 0.1) is 0 Å². The van der Waals surface area contributed by atoms with Gasteiger partial charge in [-0.1, -0.05) is 69.9 Å². The predicted octanol–water partition coefficient (Wildman–Crippen LogP) is 4.55. The Balaban J connectivity index is 2.98. The lowest BCUT2D eigenvalue weighted by atomic mass is 10.1. The van der Waals surface area contributed by atoms with Crippen LogP contribution in [0.5, 0.6) is 0 Å². The molecule has 1 N–H and O–H groups in total. The van der Waals surface area contributed by atoms with Crippen LogP contribution in [0.4, 0.5) is 0 Å². The zero-order valence-electron chi connectivity index (χ0n) is 11.8. The molecule has 17 heavy (non-hydrogen) atoms. The van der Waals surface area contributed by atoms with Crippen molar-refractivity contribution >= 4 is 0 Å². The van der Waals surface area contributed by atoms with Gasteiger partial charge in [0.1, 0.15) is 0 Å². The van der Waals surface area contributed by atoms with Crippen LogP contribution in [0.15, 0.2) is 0 Å². The largest absolute Gasteiger partial charge is 0.290 e. The normalized spacial score (nSPS) is 11.3. The number of hydrogen-bond acceptors (Lipinski definition) is 3. The Kier molecular flexibility index (Phi) is 13.8. The van der Waals surface area contributed by atoms with Gasteiger partial charge in [-0.25, -0.2) is 0 Å². The van der Waals surface area contributed by atoms with E-state index in [-0.39, 0.29) is 0 Å². The maximum atomic E-state index is 9.18. The number of rotatable bonds is 13. The highest BCUT2D eigenvalue weighted by Crippen LogP contribution is 2.10. The molecule has 3 nitrogen and oxygen atoms in total. The first-order valence-corrected chi connectivity index (χ1v) is 7.40. The summed E-state index contributed by atoms with van der Waals surface area (Å²) in [6.07, 6.45) is 13.1. The average Bonchev–Trinajstić information content (AvgIpc) is 2.32. The lowest BCUT2D eigenvalue weighted by molar-refractivity contribution is -0.338. The predicted molar refractivity (Wildman–Crippen MR) is 72.0 cm³/mol. The van der Waals surface area contributed by atoms with Gasteiger partial charge in [-0.15, -0.1) is 0 Å². The van der Waals surface area contributed by atoms with E-state index in [9.17, 15) is 5.21 Å². The summed E-state index contributed by atoms with van der Waals surface area (Å²) in [5.74, 6) is 0. The molecule has 0 aliphatic rings. The third-order valence-electron chi connectivity index (χ3n) is 2.98. The van der Waals surface area contributed by atoms with E-state index in [0.717, 1.165) is 11.6 Å². The molecule has 0 bridgehead atoms. The molecule has 0 spiro atoms. The second-order valence-electron chi connectivity index (χ2n) is 4.68. The fourth-order valence-electron chi connectivity index (χ4n) is 1.95. The van der Waals surface area contributed by atoms with Gasteiger partial charge in [-0.05, 0) is 13.3 Å². The minimum absolute atomic E-state index is 0.536. The molecule has 0 saturated carbocycles. The van der Waals surface area contributed by atoms with Crippen molar-refractivity contribution in [2.75, 3.05) is 13.2 Å². The van der Waals surface area contributed by atoms with E-state index in [4.69, 9.17) is 4.84 Å². The molecule has 0 aliphatic heterocycles. The molecule has 0 saturated heterocycles. The van der Waals surface area contributed by atoms with Gasteiger partial charge in [0.05, 0.1) is 13.2 Å². The summed E-state index contributed by atoms with van der Waals surface area (Å²) in [5, 5.41) is 10.1. The SMILES string of the molecule is CCCCCCCCCCCCN(O)OCC. The molecule has 0 aromatic rings. The fraction of sp³-hybridized carbons (Fsp3) is 1.00. The summed E-state index contributed by atoms with van der Waals surface area (Å²) in [7, 11) is 0. The van der Waals surface area contributed by atoms with Gasteiger partial charge in [0.15, 0.2) is 0 Å². The van der Waals surface area contributed by atoms with E-state index >= 15 is 0 Å². The van der Waals surface area contributed by atoms with Crippen molar-refractivity contribution in [1.82, 2.24) is 5.23 Å². The molecule has 0 rings (SSSR count). The second kappa shape index (κ2) is 13.9. The van der Waals surface area contributed by atoms with Crippen LogP contribution < -0.4 is 0 Å². The number of hydroxylamine groups is 2. The van der Waals surface area contributed by atoms with Gasteiger partial charge < -0.3 is 0 Å². The first-order chi connectivity index (χ1) is 8.31. The molecule has 0 heterocycles. The van der Waals surface area contributed by atoms with E-state index < -0.39 is 0 Å². The molecule has 0 radical (unpaired) electrons. The van der Waals surface area contributed by atoms with Gasteiger partial charge in [0.25, 0.3) is 0 Å². The van der Waals surface area contributed by atoms with Crippen LogP contribution in [-0.2, 0) is 4.84 Å². The highest BCUT2D eigenvalue weighted by atomic mass is 16.9. The van der Waals surface area contributed by atoms with Gasteiger partial charge in [0, 0.05) is 0 Å². The third-order valence-corrected chi connectivity index (χ3v) is 2.98. The first kappa shape index (κ1) is 16.9. The summed E-state index contributed by atoms with van der Waals surface area (Å²) in [5.41, 5.74) is 0. The number of hydrogen-bond donors (Lipinski definition) is 1. The second-order valence-corrected chi connectivity index (χ2v) is 4.68. The van der Waals surface area contributed by atoms with Gasteiger partial charge >= 0.3 is 0 Å². The van der Waals surface area contributed by atoms with Crippen LogP contribution in [0.1, 0.15) is 78.1 Å². The summed E-state index contributed by atoms with van der Waals surface area (Å²) in [4.78, 5) is 4.91. The Morgan fingerprint density at radius 3 is 1.71 bits per heavy atom. The zero-order valence-corrected chi connectivity index (χ0v) is 11.8. The van der Waals surface area contributed by atoms with Crippen molar-refractivity contribution in [2.24, 2.45) is 0 Å². The van der Waals surface area contributed by atoms with Crippen molar-refractivity contribution in [3.8, 4) is 0 Å². The zero-order chi connectivity index (χ0) is 12.8. The van der Waals surface area contributed by atoms with E-state index in [2.05, 4.69) is 6.92 Å². The molecule has 0 aromatic carbocycles. The highest BCUT2D eigenvalue weighted by molar-refractivity contribution is 4.47. The topological polar surface area (TPSA) is 32.7 Å². The maximum absolute atomic E-state index is 9.18. The van der Waals surface area contributed by atoms with E-state index in [1.54, 1.807) is 0 Å². The van der Waals surface area contributed by atoms with Crippen LogP contribution >= 0.6 is 0 Å². The summed E-state index contributed by atoms with van der Waals surface area (Å²) >= 11 is 0. The summed E-state index contributed by atoms with van der Waals surface area (Å²) in [6.45, 7) is 5.30. The Labute approximate surface area is 107 Å². The van der Waals surface area contributed by atoms with Crippen LogP contribution in [0.3, 0.4) is 0 Å². The molecule has 104 valence electrons. The Hall–Kier alpha value is -0.120. The molecule has 0 atom stereocenters. The van der Waals surface area contributed by atoms with Crippen molar-refractivity contribution in [3.63, 3.8) is 0 Å². The Morgan fingerprint density at radius 1 is 0.765 bits per heavy atom. The van der Waals surface area contributed by atoms with Gasteiger partial charge in [0.2, 0.25) is 0 Å². The van der Waals surface area contributed by atoms with Gasteiger partial charge in [-0.3, -0.25) is 10.0 Å². The smallest absolute Gasteiger partial charge is 0.0683 e. The van der Waals surface area contributed by atoms with Crippen molar-refractivity contribution in [2.45, 2.75) is 78.1 Å². The van der Waals surface area contributed by atoms with Crippen molar-refractivity contribution in [1.29, 1.82) is 0 Å². The van der Waals surface area contributed by atoms with E-state index in [1.165, 1.54) is 57.8 Å². The average molecular weight is 245 g/mol. The number of unbranched alkanes of at least 4 members (excludes halogenated alkanes) is 9. The lowest BCUT2D eigenvalue weighted by Gasteiger charge is -2.12. The van der Waals surface area contributed by atoms with Crippen molar-refractivity contribution in [3.05, 3.63) is 0 Å². The standard InChI is InChI=1S/C14H31NO2/c1-3-5-6-7-8-9-10-11-12-13-14-15(16)17-4-2/h16H,3-14H2,1-2H3. The van der Waals surface area contributed by atoms with E-state index in [1.807, 2.05) is 6.92 Å². The maximum Gasteiger partial charge on any atom is 0.0683 e.